The average Bonchev–Trinajstić information content (AvgIpc) is 2.54. The second-order valence-corrected chi connectivity index (χ2v) is 7.49. The predicted molar refractivity (Wildman–Crippen MR) is 91.9 cm³/mol. The van der Waals surface area contributed by atoms with E-state index in [2.05, 4.69) is 44.2 Å². The van der Waals surface area contributed by atoms with E-state index in [4.69, 9.17) is 5.11 Å². The molecule has 0 amide bonds. The molecule has 2 N–H and O–H groups in total. The van der Waals surface area contributed by atoms with Crippen molar-refractivity contribution in [2.45, 2.75) is 70.8 Å². The van der Waals surface area contributed by atoms with Crippen LogP contribution in [-0.4, -0.2) is 22.9 Å². The third-order valence-corrected chi connectivity index (χ3v) is 5.58. The van der Waals surface area contributed by atoms with Gasteiger partial charge in [-0.2, -0.15) is 0 Å². The Hall–Kier alpha value is -0.860. The van der Waals surface area contributed by atoms with E-state index in [1.165, 1.54) is 37.7 Å². The summed E-state index contributed by atoms with van der Waals surface area (Å²) in [4.78, 5) is 0. The van der Waals surface area contributed by atoms with Crippen LogP contribution >= 0.6 is 0 Å². The fourth-order valence-electron chi connectivity index (χ4n) is 4.30. The van der Waals surface area contributed by atoms with Gasteiger partial charge in [-0.3, -0.25) is 0 Å². The molecule has 1 aliphatic carbocycles. The first-order chi connectivity index (χ1) is 10.6. The normalized spacial score (nSPS) is 19.8. The summed E-state index contributed by atoms with van der Waals surface area (Å²) in [7, 11) is 0. The average molecular weight is 304 g/mol. The van der Waals surface area contributed by atoms with Crippen molar-refractivity contribution in [1.82, 2.24) is 0 Å². The molecule has 1 aromatic rings. The first-order valence-electron chi connectivity index (χ1n) is 8.91. The highest BCUT2D eigenvalue weighted by Gasteiger charge is 2.41. The zero-order chi connectivity index (χ0) is 16.0. The first kappa shape index (κ1) is 17.5. The first-order valence-corrected chi connectivity index (χ1v) is 8.91. The summed E-state index contributed by atoms with van der Waals surface area (Å²) >= 11 is 0. The molecule has 0 saturated heterocycles. The molecule has 2 atom stereocenters. The van der Waals surface area contributed by atoms with Crippen LogP contribution in [0.15, 0.2) is 30.3 Å². The minimum Gasteiger partial charge on any atom is -0.396 e. The van der Waals surface area contributed by atoms with Gasteiger partial charge in [0.15, 0.2) is 0 Å². The van der Waals surface area contributed by atoms with E-state index < -0.39 is 0 Å². The van der Waals surface area contributed by atoms with Crippen molar-refractivity contribution in [2.24, 2.45) is 11.3 Å². The maximum absolute atomic E-state index is 10.8. The van der Waals surface area contributed by atoms with Crippen molar-refractivity contribution in [3.63, 3.8) is 0 Å². The van der Waals surface area contributed by atoms with Crippen LogP contribution in [0.25, 0.3) is 0 Å². The maximum Gasteiger partial charge on any atom is 0.0597 e. The van der Waals surface area contributed by atoms with Gasteiger partial charge in [-0.05, 0) is 48.5 Å². The van der Waals surface area contributed by atoms with Crippen LogP contribution in [0.1, 0.15) is 70.3 Å². The highest BCUT2D eigenvalue weighted by atomic mass is 16.3. The second kappa shape index (κ2) is 8.12. The van der Waals surface area contributed by atoms with Crippen LogP contribution in [0.5, 0.6) is 0 Å². The molecule has 1 aliphatic rings. The lowest BCUT2D eigenvalue weighted by molar-refractivity contribution is -0.000655. The van der Waals surface area contributed by atoms with Crippen molar-refractivity contribution < 1.29 is 10.2 Å². The quantitative estimate of drug-likeness (QED) is 0.778. The van der Waals surface area contributed by atoms with Gasteiger partial charge in [-0.15, -0.1) is 0 Å². The smallest absolute Gasteiger partial charge is 0.0597 e. The molecule has 0 aromatic heterocycles. The Morgan fingerprint density at radius 3 is 2.32 bits per heavy atom. The van der Waals surface area contributed by atoms with Crippen molar-refractivity contribution in [1.29, 1.82) is 0 Å². The van der Waals surface area contributed by atoms with Crippen molar-refractivity contribution in [2.75, 3.05) is 6.61 Å². The lowest BCUT2D eigenvalue weighted by Crippen LogP contribution is -2.39. The third-order valence-electron chi connectivity index (χ3n) is 5.58. The summed E-state index contributed by atoms with van der Waals surface area (Å²) in [5, 5.41) is 19.8. The second-order valence-electron chi connectivity index (χ2n) is 7.49. The molecule has 1 aromatic carbocycles. The lowest BCUT2D eigenvalue weighted by Gasteiger charge is -2.44. The Kier molecular flexibility index (Phi) is 6.46. The summed E-state index contributed by atoms with van der Waals surface area (Å²) < 4.78 is 0. The van der Waals surface area contributed by atoms with E-state index >= 15 is 0 Å². The number of rotatable bonds is 7. The number of aliphatic hydroxyl groups is 2. The zero-order valence-electron chi connectivity index (χ0n) is 14.2. The molecule has 2 rings (SSSR count). The van der Waals surface area contributed by atoms with Crippen LogP contribution in [0.2, 0.25) is 0 Å². The van der Waals surface area contributed by atoms with Gasteiger partial charge >= 0.3 is 0 Å². The van der Waals surface area contributed by atoms with Crippen molar-refractivity contribution in [3.05, 3.63) is 35.9 Å². The molecule has 2 unspecified atom stereocenters. The number of benzene rings is 1. The summed E-state index contributed by atoms with van der Waals surface area (Å²) in [6, 6.07) is 10.7. The topological polar surface area (TPSA) is 40.5 Å². The number of aliphatic hydroxyl groups excluding tert-OH is 2. The summed E-state index contributed by atoms with van der Waals surface area (Å²) in [5.41, 5.74) is 1.20. The van der Waals surface area contributed by atoms with E-state index in [9.17, 15) is 5.11 Å². The molecule has 0 aliphatic heterocycles. The Morgan fingerprint density at radius 1 is 1.09 bits per heavy atom. The molecule has 22 heavy (non-hydrogen) atoms. The van der Waals surface area contributed by atoms with Crippen molar-refractivity contribution >= 4 is 0 Å². The Balaban J connectivity index is 2.26. The third kappa shape index (κ3) is 4.11. The molecule has 0 spiro atoms. The van der Waals surface area contributed by atoms with E-state index in [1.54, 1.807) is 0 Å². The highest BCUT2D eigenvalue weighted by Crippen LogP contribution is 2.48. The lowest BCUT2D eigenvalue weighted by atomic mass is 9.62. The van der Waals surface area contributed by atoms with E-state index in [1.807, 2.05) is 0 Å². The summed E-state index contributed by atoms with van der Waals surface area (Å²) in [5.74, 6) is 1.05. The van der Waals surface area contributed by atoms with Crippen LogP contribution in [0, 0.1) is 11.3 Å². The van der Waals surface area contributed by atoms with Gasteiger partial charge in [0.2, 0.25) is 0 Å². The molecule has 1 saturated carbocycles. The van der Waals surface area contributed by atoms with Gasteiger partial charge in [-0.25, -0.2) is 0 Å². The predicted octanol–water partition coefficient (Wildman–Crippen LogP) is 4.51. The Bertz CT molecular complexity index is 421. The zero-order valence-corrected chi connectivity index (χ0v) is 14.2. The molecule has 2 nitrogen and oxygen atoms in total. The fraction of sp³-hybridized carbons (Fsp3) is 0.700. The van der Waals surface area contributed by atoms with Crippen LogP contribution in [0.4, 0.5) is 0 Å². The molecule has 124 valence electrons. The van der Waals surface area contributed by atoms with Gasteiger partial charge < -0.3 is 10.2 Å². The van der Waals surface area contributed by atoms with Gasteiger partial charge in [0.25, 0.3) is 0 Å². The van der Waals surface area contributed by atoms with E-state index in [0.29, 0.717) is 24.7 Å². The molecule has 0 radical (unpaired) electrons. The SMILES string of the molecule is CC(C)(C(O)CCCO)C(c1ccccc1)C1CCCCC1. The largest absolute Gasteiger partial charge is 0.396 e. The summed E-state index contributed by atoms with van der Waals surface area (Å²) in [6.07, 6.45) is 7.52. The Labute approximate surface area is 135 Å². The van der Waals surface area contributed by atoms with E-state index in [-0.39, 0.29) is 18.1 Å². The van der Waals surface area contributed by atoms with Crippen LogP contribution < -0.4 is 0 Å². The molecule has 2 heteroatoms. The van der Waals surface area contributed by atoms with Gasteiger partial charge in [0, 0.05) is 6.61 Å². The molecule has 0 bridgehead atoms. The minimum absolute atomic E-state index is 0.159. The maximum atomic E-state index is 10.8. The minimum atomic E-state index is -0.369. The molecular formula is C20H32O2. The van der Waals surface area contributed by atoms with Gasteiger partial charge in [-0.1, -0.05) is 63.4 Å². The molecular weight excluding hydrogens is 272 g/mol. The van der Waals surface area contributed by atoms with Crippen LogP contribution in [-0.2, 0) is 0 Å². The summed E-state index contributed by atoms with van der Waals surface area (Å²) in [6.45, 7) is 4.58. The molecule has 1 fully saturated rings. The van der Waals surface area contributed by atoms with Crippen LogP contribution in [0.3, 0.4) is 0 Å². The van der Waals surface area contributed by atoms with Gasteiger partial charge in [0.1, 0.15) is 0 Å². The number of hydrogen-bond acceptors (Lipinski definition) is 2. The molecule has 0 heterocycles. The monoisotopic (exact) mass is 304 g/mol. The van der Waals surface area contributed by atoms with Gasteiger partial charge in [0.05, 0.1) is 6.10 Å². The Morgan fingerprint density at radius 2 is 1.73 bits per heavy atom. The highest BCUT2D eigenvalue weighted by molar-refractivity contribution is 5.23. The number of hydrogen-bond donors (Lipinski definition) is 2. The standard InChI is InChI=1S/C20H32O2/c1-20(2,18(22)14-9-15-21)19(16-10-5-3-6-11-16)17-12-7-4-8-13-17/h3,5-6,10-11,17-19,21-22H,4,7-9,12-15H2,1-2H3. The van der Waals surface area contributed by atoms with Crippen molar-refractivity contribution in [3.8, 4) is 0 Å². The fourth-order valence-corrected chi connectivity index (χ4v) is 4.30. The van der Waals surface area contributed by atoms with E-state index in [0.717, 1.165) is 0 Å².